The van der Waals surface area contributed by atoms with E-state index in [1.165, 1.54) is 37.9 Å². The molecule has 0 spiro atoms. The van der Waals surface area contributed by atoms with E-state index in [9.17, 15) is 5.26 Å². The molecule has 0 unspecified atom stereocenters. The minimum Gasteiger partial charge on any atom is -0.228 e. The van der Waals surface area contributed by atoms with Gasteiger partial charge in [0.05, 0.1) is 23.0 Å². The largest absolute Gasteiger partial charge is 0.228 e. The van der Waals surface area contributed by atoms with Gasteiger partial charge >= 0.3 is 0 Å². The molecule has 260 valence electrons. The number of benzene rings is 9. The van der Waals surface area contributed by atoms with Crippen LogP contribution >= 0.6 is 0 Å². The van der Waals surface area contributed by atoms with E-state index in [0.717, 1.165) is 55.9 Å². The van der Waals surface area contributed by atoms with Crippen LogP contribution in [0.5, 0.6) is 0 Å². The van der Waals surface area contributed by atoms with Crippen LogP contribution in [0.3, 0.4) is 0 Å². The average Bonchev–Trinajstić information content (AvgIpc) is 3.28. The first-order valence-corrected chi connectivity index (χ1v) is 18.8. The quantitative estimate of drug-likeness (QED) is 0.127. The third-order valence-corrected chi connectivity index (χ3v) is 10.7. The molecule has 1 heterocycles. The molecule has 0 N–H and O–H groups in total. The number of nitriles is 1. The maximum Gasteiger partial charge on any atom is 0.160 e. The van der Waals surface area contributed by atoms with Crippen LogP contribution in [0.2, 0.25) is 0 Å². The van der Waals surface area contributed by atoms with E-state index < -0.39 is 0 Å². The van der Waals surface area contributed by atoms with Gasteiger partial charge in [0.1, 0.15) is 0 Å². The van der Waals surface area contributed by atoms with Crippen molar-refractivity contribution in [2.24, 2.45) is 0 Å². The zero-order valence-corrected chi connectivity index (χ0v) is 30.4. The molecule has 0 aliphatic heterocycles. The van der Waals surface area contributed by atoms with Crippen LogP contribution < -0.4 is 0 Å². The lowest BCUT2D eigenvalue weighted by atomic mass is 9.89. The molecule has 0 fully saturated rings. The fourth-order valence-corrected chi connectivity index (χ4v) is 7.85. The molecule has 10 aromatic rings. The van der Waals surface area contributed by atoms with Crippen molar-refractivity contribution in [1.82, 2.24) is 9.97 Å². The van der Waals surface area contributed by atoms with Crippen LogP contribution in [0.1, 0.15) is 5.56 Å². The highest BCUT2D eigenvalue weighted by Gasteiger charge is 2.15. The van der Waals surface area contributed by atoms with Crippen molar-refractivity contribution in [3.8, 4) is 73.4 Å². The topological polar surface area (TPSA) is 49.6 Å². The summed E-state index contributed by atoms with van der Waals surface area (Å²) >= 11 is 0. The highest BCUT2D eigenvalue weighted by molar-refractivity contribution is 6.20. The van der Waals surface area contributed by atoms with Gasteiger partial charge in [0, 0.05) is 16.7 Å². The molecule has 0 aliphatic carbocycles. The maximum atomic E-state index is 9.26. The van der Waals surface area contributed by atoms with Gasteiger partial charge in [0.25, 0.3) is 0 Å². The third-order valence-electron chi connectivity index (χ3n) is 10.7. The van der Waals surface area contributed by atoms with E-state index in [1.54, 1.807) is 0 Å². The van der Waals surface area contributed by atoms with Crippen molar-refractivity contribution < 1.29 is 0 Å². The van der Waals surface area contributed by atoms with Crippen molar-refractivity contribution >= 4 is 32.3 Å². The Balaban J connectivity index is 1.09. The number of fused-ring (bicyclic) bond motifs is 4. The molecule has 0 saturated heterocycles. The number of aromatic nitrogens is 2. The van der Waals surface area contributed by atoms with Crippen LogP contribution in [0.25, 0.3) is 99.6 Å². The Labute approximate surface area is 325 Å². The van der Waals surface area contributed by atoms with Gasteiger partial charge in [-0.1, -0.05) is 170 Å². The Morgan fingerprint density at radius 3 is 1.62 bits per heavy atom. The molecule has 0 aliphatic rings. The number of hydrogen-bond donors (Lipinski definition) is 0. The normalized spacial score (nSPS) is 11.2. The van der Waals surface area contributed by atoms with Gasteiger partial charge in [-0.3, -0.25) is 0 Å². The number of hydrogen-bond acceptors (Lipinski definition) is 3. The van der Waals surface area contributed by atoms with Gasteiger partial charge in [-0.05, 0) is 96.0 Å². The summed E-state index contributed by atoms with van der Waals surface area (Å²) in [6, 6.07) is 72.3. The molecule has 0 radical (unpaired) electrons. The highest BCUT2D eigenvalue weighted by Crippen LogP contribution is 2.40. The molecule has 10 rings (SSSR count). The van der Waals surface area contributed by atoms with Crippen molar-refractivity contribution in [3.05, 3.63) is 206 Å². The molecule has 3 heteroatoms. The highest BCUT2D eigenvalue weighted by atomic mass is 14.9. The number of nitrogens with zero attached hydrogens (tertiary/aromatic N) is 3. The molecule has 9 aromatic carbocycles. The molecule has 3 nitrogen and oxygen atoms in total. The summed E-state index contributed by atoms with van der Waals surface area (Å²) in [5.41, 5.74) is 12.1. The van der Waals surface area contributed by atoms with Crippen LogP contribution in [0, 0.1) is 11.3 Å². The third kappa shape index (κ3) is 6.06. The van der Waals surface area contributed by atoms with Crippen molar-refractivity contribution in [2.45, 2.75) is 0 Å². The summed E-state index contributed by atoms with van der Waals surface area (Å²) in [7, 11) is 0. The predicted octanol–water partition coefficient (Wildman–Crippen LogP) is 13.8. The smallest absolute Gasteiger partial charge is 0.160 e. The minimum atomic E-state index is 0.648. The van der Waals surface area contributed by atoms with Crippen molar-refractivity contribution in [3.63, 3.8) is 0 Å². The Hall–Kier alpha value is -7.67. The van der Waals surface area contributed by atoms with Gasteiger partial charge in [-0.15, -0.1) is 0 Å². The first-order valence-electron chi connectivity index (χ1n) is 18.8. The monoisotopic (exact) mass is 711 g/mol. The molecular formula is C53H33N3. The average molecular weight is 712 g/mol. The first kappa shape index (κ1) is 32.9. The molecule has 0 saturated carbocycles. The molecular weight excluding hydrogens is 679 g/mol. The second kappa shape index (κ2) is 14.0. The van der Waals surface area contributed by atoms with Crippen LogP contribution in [-0.4, -0.2) is 9.97 Å². The second-order valence-electron chi connectivity index (χ2n) is 14.1. The summed E-state index contributed by atoms with van der Waals surface area (Å²) in [5.74, 6) is 0.666. The Morgan fingerprint density at radius 1 is 0.321 bits per heavy atom. The van der Waals surface area contributed by atoms with Crippen LogP contribution in [0.15, 0.2) is 200 Å². The van der Waals surface area contributed by atoms with E-state index >= 15 is 0 Å². The van der Waals surface area contributed by atoms with Gasteiger partial charge < -0.3 is 0 Å². The SMILES string of the molecule is N#Cc1ccc(-c2ccc(-c3cc(-c4cccc(-c5ccccc5)c4)nc(-c4ccc(-c5c6ccccc6cc6c5ccc5ccccc56)cc4)n3)cc2)cc1. The summed E-state index contributed by atoms with van der Waals surface area (Å²) < 4.78 is 0. The van der Waals surface area contributed by atoms with Crippen molar-refractivity contribution in [1.29, 1.82) is 5.26 Å². The van der Waals surface area contributed by atoms with E-state index in [-0.39, 0.29) is 0 Å². The predicted molar refractivity (Wildman–Crippen MR) is 232 cm³/mol. The second-order valence-corrected chi connectivity index (χ2v) is 14.1. The summed E-state index contributed by atoms with van der Waals surface area (Å²) in [6.07, 6.45) is 0. The lowest BCUT2D eigenvalue weighted by Crippen LogP contribution is -1.96. The summed E-state index contributed by atoms with van der Waals surface area (Å²) in [5, 5.41) is 16.7. The van der Waals surface area contributed by atoms with Crippen molar-refractivity contribution in [2.75, 3.05) is 0 Å². The van der Waals surface area contributed by atoms with Gasteiger partial charge in [-0.2, -0.15) is 5.26 Å². The van der Waals surface area contributed by atoms with E-state index in [0.29, 0.717) is 11.4 Å². The molecule has 0 amide bonds. The van der Waals surface area contributed by atoms with Gasteiger partial charge in [-0.25, -0.2) is 9.97 Å². The Bertz CT molecular complexity index is 3100. The fourth-order valence-electron chi connectivity index (χ4n) is 7.85. The van der Waals surface area contributed by atoms with Crippen LogP contribution in [-0.2, 0) is 0 Å². The Morgan fingerprint density at radius 2 is 0.875 bits per heavy atom. The zero-order valence-electron chi connectivity index (χ0n) is 30.4. The van der Waals surface area contributed by atoms with Gasteiger partial charge in [0.2, 0.25) is 0 Å². The van der Waals surface area contributed by atoms with E-state index in [4.69, 9.17) is 9.97 Å². The Kier molecular flexibility index (Phi) is 8.21. The molecule has 0 atom stereocenters. The lowest BCUT2D eigenvalue weighted by molar-refractivity contribution is 1.18. The summed E-state index contributed by atoms with van der Waals surface area (Å²) in [6.45, 7) is 0. The maximum absolute atomic E-state index is 9.26. The van der Waals surface area contributed by atoms with Crippen LogP contribution in [0.4, 0.5) is 0 Å². The molecule has 1 aromatic heterocycles. The number of rotatable bonds is 6. The zero-order chi connectivity index (χ0) is 37.4. The van der Waals surface area contributed by atoms with E-state index in [2.05, 4.69) is 176 Å². The first-order chi connectivity index (χ1) is 27.7. The fraction of sp³-hybridized carbons (Fsp3) is 0. The standard InChI is InChI=1S/C53H33N3/c54-34-35-17-19-37(20-18-35)38-21-23-40(24-22-38)50-33-51(45-14-8-13-43(31-45)36-9-2-1-3-10-36)56-53(55-50)42-27-25-41(26-28-42)52-47-16-7-5-12-44(47)32-49-46-15-6-4-11-39(46)29-30-48(49)52/h1-33H. The van der Waals surface area contributed by atoms with Gasteiger partial charge in [0.15, 0.2) is 5.82 Å². The summed E-state index contributed by atoms with van der Waals surface area (Å²) in [4.78, 5) is 10.4. The molecule has 0 bridgehead atoms. The lowest BCUT2D eigenvalue weighted by Gasteiger charge is -2.15. The minimum absolute atomic E-state index is 0.648. The molecule has 56 heavy (non-hydrogen) atoms. The van der Waals surface area contributed by atoms with E-state index in [1.807, 2.05) is 30.3 Å².